The van der Waals surface area contributed by atoms with Crippen molar-refractivity contribution in [1.82, 2.24) is 15.0 Å². The molecule has 0 atom stereocenters. The second-order valence-electron chi connectivity index (χ2n) is 5.65. The second kappa shape index (κ2) is 6.20. The van der Waals surface area contributed by atoms with Crippen LogP contribution < -0.4 is 0 Å². The van der Waals surface area contributed by atoms with Gasteiger partial charge in [0.15, 0.2) is 11.6 Å². The molecule has 4 aromatic rings. The van der Waals surface area contributed by atoms with Crippen LogP contribution in [0.15, 0.2) is 72.8 Å². The van der Waals surface area contributed by atoms with Gasteiger partial charge >= 0.3 is 0 Å². The van der Waals surface area contributed by atoms with Gasteiger partial charge in [-0.3, -0.25) is 0 Å². The predicted molar refractivity (Wildman–Crippen MR) is 97.6 cm³/mol. The molecule has 0 aliphatic heterocycles. The zero-order valence-corrected chi connectivity index (χ0v) is 13.5. The Hall–Kier alpha value is -3.07. The lowest BCUT2D eigenvalue weighted by Crippen LogP contribution is -2.02. The first-order valence-electron chi connectivity index (χ1n) is 8.13. The van der Waals surface area contributed by atoms with E-state index in [2.05, 4.69) is 47.2 Å². The molecule has 0 amide bonds. The van der Waals surface area contributed by atoms with Crippen LogP contribution in [0.2, 0.25) is 0 Å². The van der Waals surface area contributed by atoms with Crippen molar-refractivity contribution in [2.24, 2.45) is 0 Å². The Morgan fingerprint density at radius 1 is 0.667 bits per heavy atom. The molecule has 0 unspecified atom stereocenters. The van der Waals surface area contributed by atoms with E-state index >= 15 is 0 Å². The van der Waals surface area contributed by atoms with Crippen LogP contribution >= 0.6 is 0 Å². The Morgan fingerprint density at radius 2 is 1.38 bits per heavy atom. The van der Waals surface area contributed by atoms with Gasteiger partial charge in [-0.1, -0.05) is 79.7 Å². The zero-order valence-electron chi connectivity index (χ0n) is 13.5. The quantitative estimate of drug-likeness (QED) is 0.539. The van der Waals surface area contributed by atoms with E-state index in [1.54, 1.807) is 0 Å². The summed E-state index contributed by atoms with van der Waals surface area (Å²) in [5.41, 5.74) is 2.05. The molecule has 0 spiro atoms. The molecule has 116 valence electrons. The molecule has 1 heterocycles. The maximum absolute atomic E-state index is 4.75. The Kier molecular flexibility index (Phi) is 3.75. The van der Waals surface area contributed by atoms with Crippen LogP contribution in [-0.2, 0) is 6.42 Å². The molecule has 0 aliphatic rings. The molecule has 0 N–H and O–H groups in total. The van der Waals surface area contributed by atoms with E-state index in [0.717, 1.165) is 40.4 Å². The van der Waals surface area contributed by atoms with Crippen molar-refractivity contribution in [3.05, 3.63) is 78.6 Å². The summed E-state index contributed by atoms with van der Waals surface area (Å²) in [4.78, 5) is 14.0. The molecular formula is C21H17N3. The molecule has 3 aromatic carbocycles. The van der Waals surface area contributed by atoms with E-state index in [9.17, 15) is 0 Å². The zero-order chi connectivity index (χ0) is 16.4. The largest absolute Gasteiger partial charge is 0.213 e. The van der Waals surface area contributed by atoms with Crippen molar-refractivity contribution in [2.45, 2.75) is 13.3 Å². The van der Waals surface area contributed by atoms with E-state index in [4.69, 9.17) is 4.98 Å². The molecule has 0 bridgehead atoms. The van der Waals surface area contributed by atoms with Crippen LogP contribution in [0.1, 0.15) is 12.7 Å². The number of fused-ring (bicyclic) bond motifs is 1. The third kappa shape index (κ3) is 2.65. The highest BCUT2D eigenvalue weighted by atomic mass is 15.0. The van der Waals surface area contributed by atoms with Crippen molar-refractivity contribution in [3.63, 3.8) is 0 Å². The first-order chi connectivity index (χ1) is 11.8. The van der Waals surface area contributed by atoms with Crippen LogP contribution in [0, 0.1) is 0 Å². The highest BCUT2D eigenvalue weighted by Gasteiger charge is 2.11. The second-order valence-corrected chi connectivity index (χ2v) is 5.65. The number of aromatic nitrogens is 3. The molecule has 4 rings (SSSR count). The number of aryl methyl sites for hydroxylation is 1. The minimum atomic E-state index is 0.727. The van der Waals surface area contributed by atoms with E-state index in [-0.39, 0.29) is 0 Å². The van der Waals surface area contributed by atoms with Crippen molar-refractivity contribution in [2.75, 3.05) is 0 Å². The van der Waals surface area contributed by atoms with Crippen LogP contribution in [0.25, 0.3) is 33.5 Å². The lowest BCUT2D eigenvalue weighted by Gasteiger charge is -2.09. The lowest BCUT2D eigenvalue weighted by atomic mass is 10.0. The van der Waals surface area contributed by atoms with E-state index in [1.807, 2.05) is 42.5 Å². The number of rotatable bonds is 3. The van der Waals surface area contributed by atoms with Crippen molar-refractivity contribution >= 4 is 10.8 Å². The van der Waals surface area contributed by atoms with Crippen LogP contribution in [0.3, 0.4) is 0 Å². The molecule has 0 saturated heterocycles. The standard InChI is InChI=1S/C21H17N3/c1-2-19-22-20(16-10-4-3-5-11-16)24-21(23-19)18-14-8-12-15-9-6-7-13-17(15)18/h3-14H,2H2,1H3. The first-order valence-corrected chi connectivity index (χ1v) is 8.13. The first kappa shape index (κ1) is 14.5. The molecule has 0 saturated carbocycles. The van der Waals surface area contributed by atoms with Crippen molar-refractivity contribution < 1.29 is 0 Å². The molecular weight excluding hydrogens is 294 g/mol. The average molecular weight is 311 g/mol. The van der Waals surface area contributed by atoms with Crippen molar-refractivity contribution in [3.8, 4) is 22.8 Å². The lowest BCUT2D eigenvalue weighted by molar-refractivity contribution is 0.911. The van der Waals surface area contributed by atoms with Gasteiger partial charge in [0, 0.05) is 17.5 Å². The van der Waals surface area contributed by atoms with Gasteiger partial charge in [-0.15, -0.1) is 0 Å². The van der Waals surface area contributed by atoms with Gasteiger partial charge < -0.3 is 0 Å². The third-order valence-electron chi connectivity index (χ3n) is 4.06. The van der Waals surface area contributed by atoms with Crippen molar-refractivity contribution in [1.29, 1.82) is 0 Å². The van der Waals surface area contributed by atoms with E-state index in [0.29, 0.717) is 0 Å². The summed E-state index contributed by atoms with van der Waals surface area (Å²) >= 11 is 0. The molecule has 0 radical (unpaired) electrons. The normalized spacial score (nSPS) is 10.9. The smallest absolute Gasteiger partial charge is 0.164 e. The van der Waals surface area contributed by atoms with Gasteiger partial charge in [-0.25, -0.2) is 15.0 Å². The average Bonchev–Trinajstić information content (AvgIpc) is 2.68. The molecule has 24 heavy (non-hydrogen) atoms. The van der Waals surface area contributed by atoms with Crippen LogP contribution in [-0.4, -0.2) is 15.0 Å². The number of nitrogens with zero attached hydrogens (tertiary/aromatic N) is 3. The highest BCUT2D eigenvalue weighted by molar-refractivity contribution is 5.95. The van der Waals surface area contributed by atoms with Crippen LogP contribution in [0.4, 0.5) is 0 Å². The summed E-state index contributed by atoms with van der Waals surface area (Å²) in [6, 6.07) is 24.6. The number of hydrogen-bond acceptors (Lipinski definition) is 3. The van der Waals surface area contributed by atoms with Gasteiger partial charge in [0.25, 0.3) is 0 Å². The van der Waals surface area contributed by atoms with Gasteiger partial charge in [0.2, 0.25) is 0 Å². The summed E-state index contributed by atoms with van der Waals surface area (Å²) in [7, 11) is 0. The SMILES string of the molecule is CCc1nc(-c2ccccc2)nc(-c2cccc3ccccc23)n1. The molecule has 1 aromatic heterocycles. The van der Waals surface area contributed by atoms with Gasteiger partial charge in [0.1, 0.15) is 5.82 Å². The molecule has 3 nitrogen and oxygen atoms in total. The maximum atomic E-state index is 4.75. The van der Waals surface area contributed by atoms with Gasteiger partial charge in [-0.05, 0) is 10.8 Å². The molecule has 0 aliphatic carbocycles. The predicted octanol–water partition coefficient (Wildman–Crippen LogP) is 4.92. The Bertz CT molecular complexity index is 989. The molecule has 0 fully saturated rings. The number of hydrogen-bond donors (Lipinski definition) is 0. The third-order valence-corrected chi connectivity index (χ3v) is 4.06. The van der Waals surface area contributed by atoms with E-state index in [1.165, 1.54) is 5.39 Å². The maximum Gasteiger partial charge on any atom is 0.164 e. The minimum absolute atomic E-state index is 0.727. The van der Waals surface area contributed by atoms with Crippen LogP contribution in [0.5, 0.6) is 0 Å². The summed E-state index contributed by atoms with van der Waals surface area (Å²) < 4.78 is 0. The van der Waals surface area contributed by atoms with Gasteiger partial charge in [-0.2, -0.15) is 0 Å². The Morgan fingerprint density at radius 3 is 2.21 bits per heavy atom. The monoisotopic (exact) mass is 311 g/mol. The Balaban J connectivity index is 1.95. The number of benzene rings is 3. The Labute approximate surface area is 141 Å². The fraction of sp³-hybridized carbons (Fsp3) is 0.0952. The fourth-order valence-corrected chi connectivity index (χ4v) is 2.84. The molecule has 3 heteroatoms. The topological polar surface area (TPSA) is 38.7 Å². The summed E-state index contributed by atoms with van der Waals surface area (Å²) in [5.74, 6) is 2.27. The summed E-state index contributed by atoms with van der Waals surface area (Å²) in [6.07, 6.45) is 0.778. The summed E-state index contributed by atoms with van der Waals surface area (Å²) in [5, 5.41) is 2.35. The van der Waals surface area contributed by atoms with Gasteiger partial charge in [0.05, 0.1) is 0 Å². The van der Waals surface area contributed by atoms with E-state index < -0.39 is 0 Å². The highest BCUT2D eigenvalue weighted by Crippen LogP contribution is 2.27. The summed E-state index contributed by atoms with van der Waals surface area (Å²) in [6.45, 7) is 2.07. The fourth-order valence-electron chi connectivity index (χ4n) is 2.84. The minimum Gasteiger partial charge on any atom is -0.213 e.